The Morgan fingerprint density at radius 2 is 2.00 bits per heavy atom. The van der Waals surface area contributed by atoms with Gasteiger partial charge >= 0.3 is 0 Å². The maximum absolute atomic E-state index is 3.91. The van der Waals surface area contributed by atoms with Crippen LogP contribution in [-0.2, 0) is 0 Å². The molecule has 21 heavy (non-hydrogen) atoms. The molecule has 1 aromatic carbocycles. The smallest absolute Gasteiger partial charge is 0.0438 e. The van der Waals surface area contributed by atoms with Gasteiger partial charge in [0.05, 0.1) is 0 Å². The highest BCUT2D eigenvalue weighted by Crippen LogP contribution is 2.38. The molecule has 0 amide bonds. The molecule has 1 aliphatic carbocycles. The largest absolute Gasteiger partial charge is 0.365 e. The Hall–Kier alpha value is -0.540. The molecule has 0 aromatic heterocycles. The van der Waals surface area contributed by atoms with Crippen LogP contribution in [0.4, 0.5) is 5.69 Å². The van der Waals surface area contributed by atoms with Crippen molar-refractivity contribution < 1.29 is 0 Å². The first kappa shape index (κ1) is 15.4. The van der Waals surface area contributed by atoms with E-state index in [9.17, 15) is 0 Å². The molecule has 2 fully saturated rings. The summed E-state index contributed by atoms with van der Waals surface area (Å²) in [6.45, 7) is 9.20. The molecular weight excluding hydrogens is 324 g/mol. The van der Waals surface area contributed by atoms with E-state index in [2.05, 4.69) is 65.1 Å². The zero-order valence-electron chi connectivity index (χ0n) is 13.5. The van der Waals surface area contributed by atoms with Crippen molar-refractivity contribution in [2.75, 3.05) is 18.0 Å². The van der Waals surface area contributed by atoms with Crippen LogP contribution in [0.15, 0.2) is 22.7 Å². The maximum atomic E-state index is 3.91. The minimum Gasteiger partial charge on any atom is -0.365 e. The lowest BCUT2D eigenvalue weighted by Crippen LogP contribution is -2.64. The molecule has 0 radical (unpaired) electrons. The molecule has 0 bridgehead atoms. The quantitative estimate of drug-likeness (QED) is 0.844. The normalized spacial score (nSPS) is 25.0. The second-order valence-electron chi connectivity index (χ2n) is 7.19. The van der Waals surface area contributed by atoms with E-state index < -0.39 is 0 Å². The number of hydrogen-bond donors (Lipinski definition) is 1. The van der Waals surface area contributed by atoms with Crippen molar-refractivity contribution in [1.82, 2.24) is 5.32 Å². The lowest BCUT2D eigenvalue weighted by Gasteiger charge is -2.49. The fourth-order valence-corrected chi connectivity index (χ4v) is 4.44. The minimum absolute atomic E-state index is 0.361. The summed E-state index contributed by atoms with van der Waals surface area (Å²) in [5.41, 5.74) is 3.15. The van der Waals surface area contributed by atoms with Gasteiger partial charge in [-0.25, -0.2) is 0 Å². The Kier molecular flexibility index (Phi) is 4.33. The Bertz CT molecular complexity index is 506. The molecule has 1 spiro atoms. The third-order valence-electron chi connectivity index (χ3n) is 5.44. The van der Waals surface area contributed by atoms with E-state index in [1.165, 1.54) is 41.4 Å². The van der Waals surface area contributed by atoms with Gasteiger partial charge in [0.15, 0.2) is 0 Å². The SMILES string of the molecule is Cc1c(Br)cccc1N1CC2(CCCC2)NCC1C(C)C. The van der Waals surface area contributed by atoms with Crippen LogP contribution in [0.5, 0.6) is 0 Å². The van der Waals surface area contributed by atoms with Gasteiger partial charge in [-0.3, -0.25) is 0 Å². The Morgan fingerprint density at radius 3 is 2.67 bits per heavy atom. The van der Waals surface area contributed by atoms with Gasteiger partial charge in [0.2, 0.25) is 0 Å². The summed E-state index contributed by atoms with van der Waals surface area (Å²) in [6, 6.07) is 7.21. The lowest BCUT2D eigenvalue weighted by atomic mass is 9.88. The standard InChI is InChI=1S/C18H27BrN2/c1-13(2)17-11-20-18(9-4-5-10-18)12-21(17)16-8-6-7-15(19)14(16)3/h6-8,13,17,20H,4-5,9-12H2,1-3H3. The zero-order valence-corrected chi connectivity index (χ0v) is 15.0. The van der Waals surface area contributed by atoms with Crippen molar-refractivity contribution in [3.8, 4) is 0 Å². The Balaban J connectivity index is 1.95. The molecule has 1 saturated heterocycles. The van der Waals surface area contributed by atoms with E-state index in [4.69, 9.17) is 0 Å². The van der Waals surface area contributed by atoms with Crippen molar-refractivity contribution in [3.63, 3.8) is 0 Å². The average molecular weight is 351 g/mol. The summed E-state index contributed by atoms with van der Waals surface area (Å²) in [5, 5.41) is 3.91. The summed E-state index contributed by atoms with van der Waals surface area (Å²) in [4.78, 5) is 2.69. The van der Waals surface area contributed by atoms with E-state index in [1.54, 1.807) is 0 Å². The first-order valence-corrected chi connectivity index (χ1v) is 9.08. The van der Waals surface area contributed by atoms with Gasteiger partial charge in [0.1, 0.15) is 0 Å². The number of halogens is 1. The van der Waals surface area contributed by atoms with E-state index in [0.29, 0.717) is 17.5 Å². The van der Waals surface area contributed by atoms with Crippen molar-refractivity contribution in [2.45, 2.75) is 58.0 Å². The van der Waals surface area contributed by atoms with Crippen LogP contribution < -0.4 is 10.2 Å². The molecule has 1 N–H and O–H groups in total. The van der Waals surface area contributed by atoms with Gasteiger partial charge in [-0.1, -0.05) is 48.7 Å². The Labute approximate surface area is 137 Å². The van der Waals surface area contributed by atoms with Gasteiger partial charge in [0, 0.05) is 34.8 Å². The molecule has 2 aliphatic rings. The van der Waals surface area contributed by atoms with Crippen LogP contribution in [0.2, 0.25) is 0 Å². The van der Waals surface area contributed by atoms with Crippen molar-refractivity contribution in [1.29, 1.82) is 0 Å². The van der Waals surface area contributed by atoms with Crippen molar-refractivity contribution >= 4 is 21.6 Å². The first-order valence-electron chi connectivity index (χ1n) is 8.29. The molecule has 1 saturated carbocycles. The first-order chi connectivity index (χ1) is 10.0. The highest BCUT2D eigenvalue weighted by Gasteiger charge is 2.42. The molecule has 3 rings (SSSR count). The zero-order chi connectivity index (χ0) is 15.0. The van der Waals surface area contributed by atoms with Crippen LogP contribution in [-0.4, -0.2) is 24.7 Å². The van der Waals surface area contributed by atoms with Crippen LogP contribution in [0, 0.1) is 12.8 Å². The third-order valence-corrected chi connectivity index (χ3v) is 6.30. The summed E-state index contributed by atoms with van der Waals surface area (Å²) < 4.78 is 1.22. The molecule has 3 heteroatoms. The molecule has 116 valence electrons. The predicted molar refractivity (Wildman–Crippen MR) is 94.1 cm³/mol. The van der Waals surface area contributed by atoms with Gasteiger partial charge in [-0.15, -0.1) is 0 Å². The molecule has 1 heterocycles. The van der Waals surface area contributed by atoms with Crippen molar-refractivity contribution in [2.24, 2.45) is 5.92 Å². The van der Waals surface area contributed by atoms with E-state index >= 15 is 0 Å². The van der Waals surface area contributed by atoms with E-state index in [-0.39, 0.29) is 0 Å². The van der Waals surface area contributed by atoms with Gasteiger partial charge in [-0.05, 0) is 43.4 Å². The molecule has 1 atom stereocenters. The number of anilines is 1. The number of piperazine rings is 1. The summed E-state index contributed by atoms with van der Waals surface area (Å²) >= 11 is 3.70. The second-order valence-corrected chi connectivity index (χ2v) is 8.05. The van der Waals surface area contributed by atoms with Gasteiger partial charge in [0.25, 0.3) is 0 Å². The molecule has 1 aromatic rings. The summed E-state index contributed by atoms with van der Waals surface area (Å²) in [6.07, 6.45) is 5.43. The summed E-state index contributed by atoms with van der Waals surface area (Å²) in [5.74, 6) is 0.662. The number of benzene rings is 1. The fourth-order valence-electron chi connectivity index (χ4n) is 4.08. The highest BCUT2D eigenvalue weighted by molar-refractivity contribution is 9.10. The predicted octanol–water partition coefficient (Wildman–Crippen LogP) is 4.50. The van der Waals surface area contributed by atoms with Gasteiger partial charge in [-0.2, -0.15) is 0 Å². The monoisotopic (exact) mass is 350 g/mol. The number of rotatable bonds is 2. The second kappa shape index (κ2) is 5.92. The van der Waals surface area contributed by atoms with E-state index in [0.717, 1.165) is 13.1 Å². The van der Waals surface area contributed by atoms with Crippen molar-refractivity contribution in [3.05, 3.63) is 28.2 Å². The third kappa shape index (κ3) is 2.87. The topological polar surface area (TPSA) is 15.3 Å². The number of hydrogen-bond acceptors (Lipinski definition) is 2. The van der Waals surface area contributed by atoms with Crippen LogP contribution in [0.25, 0.3) is 0 Å². The minimum atomic E-state index is 0.361. The van der Waals surface area contributed by atoms with Gasteiger partial charge < -0.3 is 10.2 Å². The van der Waals surface area contributed by atoms with Crippen LogP contribution in [0.3, 0.4) is 0 Å². The lowest BCUT2D eigenvalue weighted by molar-refractivity contribution is 0.245. The molecule has 1 aliphatic heterocycles. The Morgan fingerprint density at radius 1 is 1.29 bits per heavy atom. The average Bonchev–Trinajstić information content (AvgIpc) is 2.89. The highest BCUT2D eigenvalue weighted by atomic mass is 79.9. The molecule has 2 nitrogen and oxygen atoms in total. The number of nitrogens with one attached hydrogen (secondary N) is 1. The van der Waals surface area contributed by atoms with E-state index in [1.807, 2.05) is 0 Å². The fraction of sp³-hybridized carbons (Fsp3) is 0.667. The van der Waals surface area contributed by atoms with Crippen LogP contribution >= 0.6 is 15.9 Å². The molecule has 1 unspecified atom stereocenters. The van der Waals surface area contributed by atoms with Crippen LogP contribution in [0.1, 0.15) is 45.1 Å². The molecular formula is C18H27BrN2. The maximum Gasteiger partial charge on any atom is 0.0438 e. The number of nitrogens with zero attached hydrogens (tertiary/aromatic N) is 1. The summed E-state index contributed by atoms with van der Waals surface area (Å²) in [7, 11) is 0.